The lowest BCUT2D eigenvalue weighted by Gasteiger charge is -2.09. The molecule has 0 aliphatic carbocycles. The molecular weight excluding hydrogens is 286 g/mol. The summed E-state index contributed by atoms with van der Waals surface area (Å²) in [6.45, 7) is 1.45. The molecule has 0 atom stereocenters. The molecule has 2 nitrogen and oxygen atoms in total. The van der Waals surface area contributed by atoms with Gasteiger partial charge in [0.1, 0.15) is 17.4 Å². The Bertz CT molecular complexity index is 656. The van der Waals surface area contributed by atoms with Crippen molar-refractivity contribution in [2.75, 3.05) is 6.61 Å². The largest absolute Gasteiger partial charge is 0.485 e. The molecule has 0 N–H and O–H groups in total. The van der Waals surface area contributed by atoms with Crippen molar-refractivity contribution in [2.45, 2.75) is 6.92 Å². The van der Waals surface area contributed by atoms with Crippen molar-refractivity contribution in [3.05, 3.63) is 64.2 Å². The lowest BCUT2D eigenvalue weighted by Crippen LogP contribution is -2.13. The van der Waals surface area contributed by atoms with E-state index in [1.54, 1.807) is 25.1 Å². The number of benzene rings is 2. The average Bonchev–Trinajstić information content (AvgIpc) is 2.37. The molecule has 0 bridgehead atoms. The third-order valence-electron chi connectivity index (χ3n) is 2.73. The van der Waals surface area contributed by atoms with Gasteiger partial charge in [0.2, 0.25) is 5.78 Å². The fourth-order valence-corrected chi connectivity index (χ4v) is 1.94. The Morgan fingerprint density at radius 1 is 1.20 bits per heavy atom. The number of hydrogen-bond acceptors (Lipinski definition) is 2. The molecule has 104 valence electrons. The van der Waals surface area contributed by atoms with Gasteiger partial charge in [-0.05, 0) is 42.8 Å². The smallest absolute Gasteiger partial charge is 0.203 e. The van der Waals surface area contributed by atoms with Crippen LogP contribution in [0.25, 0.3) is 0 Å². The molecule has 0 aliphatic heterocycles. The quantitative estimate of drug-likeness (QED) is 0.791. The molecule has 0 unspecified atom stereocenters. The Kier molecular flexibility index (Phi) is 4.35. The fourth-order valence-electron chi connectivity index (χ4n) is 1.71. The average molecular weight is 297 g/mol. The van der Waals surface area contributed by atoms with Gasteiger partial charge < -0.3 is 4.74 Å². The minimum Gasteiger partial charge on any atom is -0.485 e. The van der Waals surface area contributed by atoms with Crippen LogP contribution < -0.4 is 4.74 Å². The molecule has 0 aromatic heterocycles. The van der Waals surface area contributed by atoms with Gasteiger partial charge in [-0.1, -0.05) is 11.6 Å². The third-order valence-corrected chi connectivity index (χ3v) is 2.96. The van der Waals surface area contributed by atoms with Crippen molar-refractivity contribution >= 4 is 17.4 Å². The summed E-state index contributed by atoms with van der Waals surface area (Å²) in [5.41, 5.74) is 0.572. The molecule has 0 fully saturated rings. The van der Waals surface area contributed by atoms with Gasteiger partial charge >= 0.3 is 0 Å². The zero-order valence-corrected chi connectivity index (χ0v) is 11.4. The van der Waals surface area contributed by atoms with Gasteiger partial charge in [0.15, 0.2) is 6.61 Å². The summed E-state index contributed by atoms with van der Waals surface area (Å²) < 4.78 is 31.5. The lowest BCUT2D eigenvalue weighted by molar-refractivity contribution is 0.0917. The van der Waals surface area contributed by atoms with Crippen molar-refractivity contribution in [2.24, 2.45) is 0 Å². The number of ketones is 1. The van der Waals surface area contributed by atoms with E-state index < -0.39 is 17.4 Å². The van der Waals surface area contributed by atoms with Gasteiger partial charge in [-0.25, -0.2) is 8.78 Å². The van der Waals surface area contributed by atoms with E-state index in [-0.39, 0.29) is 12.2 Å². The predicted octanol–water partition coefficient (Wildman–Crippen LogP) is 4.19. The van der Waals surface area contributed by atoms with Crippen molar-refractivity contribution in [3.8, 4) is 5.75 Å². The van der Waals surface area contributed by atoms with Gasteiger partial charge in [0.25, 0.3) is 0 Å². The molecule has 2 aromatic carbocycles. The molecule has 0 saturated heterocycles. The van der Waals surface area contributed by atoms with E-state index in [1.165, 1.54) is 0 Å². The van der Waals surface area contributed by atoms with Gasteiger partial charge in [-0.3, -0.25) is 4.79 Å². The zero-order valence-electron chi connectivity index (χ0n) is 10.6. The zero-order chi connectivity index (χ0) is 14.7. The maximum atomic E-state index is 13.4. The summed E-state index contributed by atoms with van der Waals surface area (Å²) in [5, 5.41) is 0.561. The van der Waals surface area contributed by atoms with Crippen LogP contribution in [-0.2, 0) is 0 Å². The molecule has 20 heavy (non-hydrogen) atoms. The van der Waals surface area contributed by atoms with Crippen LogP contribution in [0.15, 0.2) is 36.4 Å². The first-order valence-corrected chi connectivity index (χ1v) is 6.22. The van der Waals surface area contributed by atoms with Crippen molar-refractivity contribution in [3.63, 3.8) is 0 Å². The highest BCUT2D eigenvalue weighted by atomic mass is 35.5. The second-order valence-corrected chi connectivity index (χ2v) is 4.68. The fraction of sp³-hybridized carbons (Fsp3) is 0.133. The summed E-state index contributed by atoms with van der Waals surface area (Å²) in [5.74, 6) is -1.69. The summed E-state index contributed by atoms with van der Waals surface area (Å²) in [7, 11) is 0. The molecular formula is C15H11ClF2O2. The maximum absolute atomic E-state index is 13.4. The van der Waals surface area contributed by atoms with E-state index in [2.05, 4.69) is 0 Å². The summed E-state index contributed by atoms with van der Waals surface area (Å²) in [6, 6.07) is 7.76. The first-order valence-electron chi connectivity index (χ1n) is 5.84. The second kappa shape index (κ2) is 6.01. The number of aryl methyl sites for hydroxylation is 1. The van der Waals surface area contributed by atoms with Crippen LogP contribution in [0.1, 0.15) is 15.9 Å². The normalized spacial score (nSPS) is 10.4. The number of ether oxygens (including phenoxy) is 1. The molecule has 2 rings (SSSR count). The van der Waals surface area contributed by atoms with Crippen molar-refractivity contribution in [1.29, 1.82) is 0 Å². The summed E-state index contributed by atoms with van der Waals surface area (Å²) in [4.78, 5) is 11.8. The van der Waals surface area contributed by atoms with E-state index in [0.717, 1.165) is 17.7 Å². The number of hydrogen-bond donors (Lipinski definition) is 0. The highest BCUT2D eigenvalue weighted by Crippen LogP contribution is 2.22. The molecule has 0 radical (unpaired) electrons. The number of halogens is 3. The first kappa shape index (κ1) is 14.5. The number of carbonyl (C=O) groups excluding carboxylic acids is 1. The SMILES string of the molecule is Cc1cc(Cl)ccc1OCC(=O)c1ccc(F)cc1F. The van der Waals surface area contributed by atoms with Crippen LogP contribution in [0.2, 0.25) is 5.02 Å². The third kappa shape index (κ3) is 3.33. The minimum absolute atomic E-state index is 0.196. The molecule has 0 saturated carbocycles. The molecule has 0 heterocycles. The number of carbonyl (C=O) groups is 1. The van der Waals surface area contributed by atoms with Crippen LogP contribution in [0, 0.1) is 18.6 Å². The topological polar surface area (TPSA) is 26.3 Å². The van der Waals surface area contributed by atoms with Crippen molar-refractivity contribution in [1.82, 2.24) is 0 Å². The predicted molar refractivity (Wildman–Crippen MR) is 72.4 cm³/mol. The highest BCUT2D eigenvalue weighted by molar-refractivity contribution is 6.30. The molecule has 0 aliphatic rings. The monoisotopic (exact) mass is 296 g/mol. The first-order chi connectivity index (χ1) is 9.47. The standard InChI is InChI=1S/C15H11ClF2O2/c1-9-6-10(16)2-5-15(9)20-8-14(19)12-4-3-11(17)7-13(12)18/h2-7H,8H2,1H3. The van der Waals surface area contributed by atoms with E-state index >= 15 is 0 Å². The Morgan fingerprint density at radius 3 is 2.60 bits per heavy atom. The van der Waals surface area contributed by atoms with Gasteiger partial charge in [0.05, 0.1) is 5.56 Å². The molecule has 0 spiro atoms. The maximum Gasteiger partial charge on any atom is 0.203 e. The Balaban J connectivity index is 2.08. The minimum atomic E-state index is -0.897. The lowest BCUT2D eigenvalue weighted by atomic mass is 10.1. The number of rotatable bonds is 4. The summed E-state index contributed by atoms with van der Waals surface area (Å²) in [6.07, 6.45) is 0. The van der Waals surface area contributed by atoms with Crippen LogP contribution in [0.5, 0.6) is 5.75 Å². The Hall–Kier alpha value is -1.94. The van der Waals surface area contributed by atoms with E-state index in [0.29, 0.717) is 16.8 Å². The van der Waals surface area contributed by atoms with E-state index in [9.17, 15) is 13.6 Å². The van der Waals surface area contributed by atoms with Crippen LogP contribution >= 0.6 is 11.6 Å². The van der Waals surface area contributed by atoms with E-state index in [1.807, 2.05) is 0 Å². The van der Waals surface area contributed by atoms with Gasteiger partial charge in [-0.2, -0.15) is 0 Å². The Labute approximate surface area is 119 Å². The highest BCUT2D eigenvalue weighted by Gasteiger charge is 2.13. The second-order valence-electron chi connectivity index (χ2n) is 4.25. The number of Topliss-reactive ketones (excluding diaryl/α,β-unsaturated/α-hetero) is 1. The van der Waals surface area contributed by atoms with E-state index in [4.69, 9.17) is 16.3 Å². The van der Waals surface area contributed by atoms with Gasteiger partial charge in [0, 0.05) is 11.1 Å². The van der Waals surface area contributed by atoms with Crippen molar-refractivity contribution < 1.29 is 18.3 Å². The van der Waals surface area contributed by atoms with Crippen LogP contribution in [-0.4, -0.2) is 12.4 Å². The van der Waals surface area contributed by atoms with Crippen LogP contribution in [0.3, 0.4) is 0 Å². The Morgan fingerprint density at radius 2 is 1.95 bits per heavy atom. The summed E-state index contributed by atoms with van der Waals surface area (Å²) >= 11 is 5.80. The van der Waals surface area contributed by atoms with Gasteiger partial charge in [-0.15, -0.1) is 0 Å². The molecule has 0 amide bonds. The molecule has 5 heteroatoms. The van der Waals surface area contributed by atoms with Crippen LogP contribution in [0.4, 0.5) is 8.78 Å². The molecule has 2 aromatic rings.